The van der Waals surface area contributed by atoms with Crippen LogP contribution in [0.25, 0.3) is 0 Å². The molecule has 9 atom stereocenters. The maximum Gasteiger partial charge on any atom is 0.302 e. The lowest BCUT2D eigenvalue weighted by atomic mass is 9.35. The van der Waals surface area contributed by atoms with Crippen molar-refractivity contribution in [2.75, 3.05) is 6.61 Å². The van der Waals surface area contributed by atoms with Crippen molar-refractivity contribution >= 4 is 11.8 Å². The van der Waals surface area contributed by atoms with Gasteiger partial charge in [-0.1, -0.05) is 20.4 Å². The van der Waals surface area contributed by atoms with Crippen molar-refractivity contribution in [3.8, 4) is 0 Å². The number of aliphatic hydroxyl groups excluding tert-OH is 2. The van der Waals surface area contributed by atoms with E-state index in [4.69, 9.17) is 9.47 Å². The summed E-state index contributed by atoms with van der Waals surface area (Å²) in [6.07, 6.45) is -0.674. The van der Waals surface area contributed by atoms with E-state index in [1.165, 1.54) is 6.92 Å². The van der Waals surface area contributed by atoms with E-state index in [0.717, 1.165) is 0 Å². The Labute approximate surface area is 170 Å². The number of rotatable bonds is 1. The van der Waals surface area contributed by atoms with Crippen LogP contribution in [0.3, 0.4) is 0 Å². The van der Waals surface area contributed by atoms with E-state index in [2.05, 4.69) is 6.58 Å². The number of Topliss-reactive ketones (excluding diaryl/α,β-unsaturated/α-hetero) is 1. The average molecular weight is 406 g/mol. The second-order valence-corrected chi connectivity index (χ2v) is 10.5. The Kier molecular flexibility index (Phi) is 3.73. The first kappa shape index (κ1) is 19.7. The van der Waals surface area contributed by atoms with Gasteiger partial charge in [0, 0.05) is 24.2 Å². The minimum absolute atomic E-state index is 0.0795. The molecule has 0 aromatic rings. The molecule has 3 N–H and O–H groups in total. The number of ketones is 1. The van der Waals surface area contributed by atoms with Crippen molar-refractivity contribution in [2.45, 2.75) is 70.6 Å². The topological polar surface area (TPSA) is 113 Å². The summed E-state index contributed by atoms with van der Waals surface area (Å²) in [5.74, 6) is -4.38. The molecule has 2 saturated heterocycles. The highest BCUT2D eigenvalue weighted by Crippen LogP contribution is 2.76. The second-order valence-electron chi connectivity index (χ2n) is 10.5. The minimum atomic E-state index is -2.19. The van der Waals surface area contributed by atoms with Crippen LogP contribution < -0.4 is 0 Å². The molecule has 2 heterocycles. The van der Waals surface area contributed by atoms with E-state index in [9.17, 15) is 24.9 Å². The number of esters is 1. The largest absolute Gasteiger partial charge is 0.462 e. The Bertz CT molecular complexity index is 820. The quantitative estimate of drug-likeness (QED) is 0.439. The molecule has 29 heavy (non-hydrogen) atoms. The van der Waals surface area contributed by atoms with E-state index in [1.807, 2.05) is 13.8 Å². The molecular formula is C22H30O7. The van der Waals surface area contributed by atoms with Crippen molar-refractivity contribution in [3.63, 3.8) is 0 Å². The molecule has 6 fully saturated rings. The van der Waals surface area contributed by atoms with Crippen LogP contribution in [0.4, 0.5) is 0 Å². The Morgan fingerprint density at radius 3 is 2.55 bits per heavy atom. The second kappa shape index (κ2) is 5.49. The first-order valence-corrected chi connectivity index (χ1v) is 10.6. The van der Waals surface area contributed by atoms with Crippen LogP contribution in [-0.4, -0.2) is 57.8 Å². The third-order valence-corrected chi connectivity index (χ3v) is 9.16. The predicted molar refractivity (Wildman–Crippen MR) is 100 cm³/mol. The normalized spacial score (nSPS) is 54.7. The van der Waals surface area contributed by atoms with Crippen LogP contribution in [0.15, 0.2) is 12.2 Å². The molecule has 0 aromatic heterocycles. The van der Waals surface area contributed by atoms with E-state index in [-0.39, 0.29) is 12.0 Å². The minimum Gasteiger partial charge on any atom is -0.462 e. The molecule has 160 valence electrons. The van der Waals surface area contributed by atoms with Crippen LogP contribution in [0, 0.1) is 34.0 Å². The molecule has 0 aromatic carbocycles. The van der Waals surface area contributed by atoms with Gasteiger partial charge in [0.2, 0.25) is 5.79 Å². The summed E-state index contributed by atoms with van der Waals surface area (Å²) < 4.78 is 11.7. The lowest BCUT2D eigenvalue weighted by molar-refractivity contribution is -0.458. The molecule has 4 bridgehead atoms. The van der Waals surface area contributed by atoms with E-state index in [0.29, 0.717) is 31.3 Å². The zero-order chi connectivity index (χ0) is 21.1. The molecular weight excluding hydrogens is 376 g/mol. The van der Waals surface area contributed by atoms with Gasteiger partial charge in [-0.15, -0.1) is 0 Å². The van der Waals surface area contributed by atoms with Crippen molar-refractivity contribution in [3.05, 3.63) is 12.2 Å². The Morgan fingerprint density at radius 2 is 1.90 bits per heavy atom. The number of carbonyl (C=O) groups is 2. The molecule has 2 unspecified atom stereocenters. The van der Waals surface area contributed by atoms with Gasteiger partial charge >= 0.3 is 5.97 Å². The van der Waals surface area contributed by atoms with Gasteiger partial charge in [-0.05, 0) is 42.6 Å². The zero-order valence-corrected chi connectivity index (χ0v) is 17.2. The summed E-state index contributed by atoms with van der Waals surface area (Å²) >= 11 is 0. The fraction of sp³-hybridized carbons (Fsp3) is 0.818. The zero-order valence-electron chi connectivity index (χ0n) is 17.2. The lowest BCUT2D eigenvalue weighted by Crippen LogP contribution is -2.85. The van der Waals surface area contributed by atoms with Gasteiger partial charge in [0.05, 0.1) is 12.7 Å². The monoisotopic (exact) mass is 406 g/mol. The van der Waals surface area contributed by atoms with Gasteiger partial charge < -0.3 is 24.8 Å². The third kappa shape index (κ3) is 1.86. The first-order chi connectivity index (χ1) is 13.5. The van der Waals surface area contributed by atoms with Gasteiger partial charge in [0.15, 0.2) is 5.78 Å². The molecule has 7 nitrogen and oxygen atoms in total. The van der Waals surface area contributed by atoms with Crippen molar-refractivity contribution in [2.24, 2.45) is 34.0 Å². The molecule has 0 radical (unpaired) electrons. The van der Waals surface area contributed by atoms with Gasteiger partial charge in [0.25, 0.3) is 0 Å². The molecule has 6 rings (SSSR count). The summed E-state index contributed by atoms with van der Waals surface area (Å²) in [6, 6.07) is 0. The number of carbonyl (C=O) groups excluding carboxylic acids is 2. The van der Waals surface area contributed by atoms with E-state index >= 15 is 0 Å². The summed E-state index contributed by atoms with van der Waals surface area (Å²) in [4.78, 5) is 25.5. The summed E-state index contributed by atoms with van der Waals surface area (Å²) in [5, 5.41) is 34.5. The lowest BCUT2D eigenvalue weighted by Gasteiger charge is -2.74. The third-order valence-electron chi connectivity index (χ3n) is 9.16. The van der Waals surface area contributed by atoms with E-state index < -0.39 is 64.4 Å². The highest BCUT2D eigenvalue weighted by molar-refractivity contribution is 6.05. The Balaban J connectivity index is 1.79. The van der Waals surface area contributed by atoms with Crippen LogP contribution in [-0.2, 0) is 19.1 Å². The summed E-state index contributed by atoms with van der Waals surface area (Å²) in [5.41, 5.74) is -2.60. The Hall–Kier alpha value is -1.28. The smallest absolute Gasteiger partial charge is 0.302 e. The molecule has 4 aliphatic carbocycles. The maximum atomic E-state index is 13.5. The van der Waals surface area contributed by atoms with Crippen LogP contribution in [0.1, 0.15) is 46.5 Å². The van der Waals surface area contributed by atoms with Gasteiger partial charge in [-0.2, -0.15) is 0 Å². The van der Waals surface area contributed by atoms with Gasteiger partial charge in [0.1, 0.15) is 17.6 Å². The molecule has 7 heteroatoms. The van der Waals surface area contributed by atoms with Crippen LogP contribution >= 0.6 is 0 Å². The summed E-state index contributed by atoms with van der Waals surface area (Å²) in [7, 11) is 0. The summed E-state index contributed by atoms with van der Waals surface area (Å²) in [6.45, 7) is 9.43. The number of hydrogen-bond donors (Lipinski definition) is 3. The molecule has 6 aliphatic rings. The predicted octanol–water partition coefficient (Wildman–Crippen LogP) is 0.946. The molecule has 2 spiro atoms. The fourth-order valence-corrected chi connectivity index (χ4v) is 8.24. The van der Waals surface area contributed by atoms with Crippen molar-refractivity contribution in [1.82, 2.24) is 0 Å². The highest BCUT2D eigenvalue weighted by atomic mass is 16.6. The number of fused-ring (bicyclic) bond motifs is 2. The molecule has 2 aliphatic heterocycles. The maximum absolute atomic E-state index is 13.5. The fourth-order valence-electron chi connectivity index (χ4n) is 8.24. The number of aliphatic hydroxyl groups is 3. The molecule has 4 saturated carbocycles. The molecule has 0 amide bonds. The van der Waals surface area contributed by atoms with Crippen LogP contribution in [0.5, 0.6) is 0 Å². The van der Waals surface area contributed by atoms with Gasteiger partial charge in [-0.3, -0.25) is 9.59 Å². The standard InChI is InChI=1S/C22H30O7/c1-10-12-5-6-13-20-9-28-22(27,21(13,16(10)24)17(12)25)18(26)15(20)19(3,4)8-7-14(20)29-11(2)23/h12-15,17-18,25-27H,1,5-9H2,2-4H3/t12-,13-,14+,15+,17+,18+,20?,21?,22+/m0/s1. The first-order valence-electron chi connectivity index (χ1n) is 10.6. The number of ether oxygens (including phenoxy) is 2. The average Bonchev–Trinajstić information content (AvgIpc) is 2.74. The highest BCUT2D eigenvalue weighted by Gasteiger charge is 2.87. The van der Waals surface area contributed by atoms with Crippen LogP contribution in [0.2, 0.25) is 0 Å². The Morgan fingerprint density at radius 1 is 1.21 bits per heavy atom. The van der Waals surface area contributed by atoms with Gasteiger partial charge in [-0.25, -0.2) is 0 Å². The van der Waals surface area contributed by atoms with Crippen molar-refractivity contribution in [1.29, 1.82) is 0 Å². The van der Waals surface area contributed by atoms with E-state index in [1.54, 1.807) is 0 Å². The van der Waals surface area contributed by atoms with Crippen molar-refractivity contribution < 1.29 is 34.4 Å². The number of hydrogen-bond acceptors (Lipinski definition) is 7. The SMILES string of the molecule is C=C1C(=O)C23[C@H](O)[C@H]1CC[C@H]2C12CO[C@]3(O)[C@H](O)[C@@H]1C(C)(C)CC[C@H]2OC(C)=O.